The van der Waals surface area contributed by atoms with E-state index in [0.29, 0.717) is 5.92 Å². The molecule has 0 aliphatic carbocycles. The van der Waals surface area contributed by atoms with Crippen LogP contribution in [0.4, 0.5) is 17.1 Å². The minimum atomic E-state index is -1.38. The Kier molecular flexibility index (Phi) is 13.1. The zero-order valence-corrected chi connectivity index (χ0v) is 37.0. The first-order valence-electron chi connectivity index (χ1n) is 21.0. The van der Waals surface area contributed by atoms with E-state index in [9.17, 15) is 0 Å². The van der Waals surface area contributed by atoms with Crippen molar-refractivity contribution in [1.29, 1.82) is 0 Å². The number of hydrogen-bond donors (Lipinski definition) is 0. The van der Waals surface area contributed by atoms with Gasteiger partial charge in [-0.25, -0.2) is 0 Å². The van der Waals surface area contributed by atoms with Crippen LogP contribution in [0.3, 0.4) is 0 Å². The van der Waals surface area contributed by atoms with Gasteiger partial charge in [0.2, 0.25) is 0 Å². The van der Waals surface area contributed by atoms with Crippen molar-refractivity contribution in [1.82, 2.24) is 0 Å². The Morgan fingerprint density at radius 1 is 0.491 bits per heavy atom. The minimum absolute atomic E-state index is 0.104. The van der Waals surface area contributed by atoms with Crippen LogP contribution in [0.1, 0.15) is 100 Å². The largest absolute Gasteiger partial charge is 0.311 e. The van der Waals surface area contributed by atoms with Crippen molar-refractivity contribution in [3.8, 4) is 22.6 Å². The first-order valence-corrected chi connectivity index (χ1v) is 24.5. The molecule has 0 aliphatic rings. The highest BCUT2D eigenvalue weighted by molar-refractivity contribution is 6.83. The molecule has 6 rings (SSSR count). The maximum absolute atomic E-state index is 3.49. The second kappa shape index (κ2) is 18.0. The molecule has 0 aliphatic heterocycles. The molecule has 0 saturated carbocycles. The van der Waals surface area contributed by atoms with E-state index < -0.39 is 8.07 Å². The van der Waals surface area contributed by atoms with Gasteiger partial charge < -0.3 is 4.90 Å². The minimum Gasteiger partial charge on any atom is -0.311 e. The molecule has 0 heterocycles. The Bertz CT molecular complexity index is 2160. The molecular formula is C55H63NSi. The van der Waals surface area contributed by atoms with E-state index in [1.807, 2.05) is 0 Å². The summed E-state index contributed by atoms with van der Waals surface area (Å²) in [6, 6.07) is 56.6. The third kappa shape index (κ3) is 11.7. The average Bonchev–Trinajstić information content (AvgIpc) is 3.19. The Hall–Kier alpha value is -5.10. The summed E-state index contributed by atoms with van der Waals surface area (Å²) >= 11 is 0. The lowest BCUT2D eigenvalue weighted by Gasteiger charge is -2.28. The lowest BCUT2D eigenvalue weighted by atomic mass is 9.86. The van der Waals surface area contributed by atoms with Gasteiger partial charge in [0, 0.05) is 22.6 Å². The normalized spacial score (nSPS) is 12.4. The molecule has 2 heteroatoms. The first kappa shape index (κ1) is 41.5. The third-order valence-electron chi connectivity index (χ3n) is 11.0. The summed E-state index contributed by atoms with van der Waals surface area (Å²) in [6.45, 7) is 20.5. The van der Waals surface area contributed by atoms with Crippen molar-refractivity contribution in [3.63, 3.8) is 0 Å². The summed E-state index contributed by atoms with van der Waals surface area (Å²) in [5.41, 5.74) is 17.7. The fraction of sp³-hybridized carbons (Fsp3) is 0.309. The van der Waals surface area contributed by atoms with Gasteiger partial charge in [0.15, 0.2) is 0 Å². The van der Waals surface area contributed by atoms with Gasteiger partial charge in [-0.1, -0.05) is 170 Å². The molecule has 292 valence electrons. The number of hydrogen-bond acceptors (Lipinski definition) is 1. The lowest BCUT2D eigenvalue weighted by Crippen LogP contribution is -2.16. The summed E-state index contributed by atoms with van der Waals surface area (Å²) in [4.78, 5) is 2.38. The van der Waals surface area contributed by atoms with Crippen molar-refractivity contribution >= 4 is 25.1 Å². The zero-order valence-electron chi connectivity index (χ0n) is 36.0. The molecule has 0 N–H and O–H groups in total. The van der Waals surface area contributed by atoms with Crippen molar-refractivity contribution in [2.24, 2.45) is 0 Å². The fourth-order valence-electron chi connectivity index (χ4n) is 7.45. The van der Waals surface area contributed by atoms with Crippen LogP contribution in [0.15, 0.2) is 152 Å². The van der Waals surface area contributed by atoms with E-state index in [-0.39, 0.29) is 10.8 Å². The summed E-state index contributed by atoms with van der Waals surface area (Å²) < 4.78 is 0. The maximum atomic E-state index is 3.49. The van der Waals surface area contributed by atoms with Gasteiger partial charge in [0.1, 0.15) is 8.07 Å². The van der Waals surface area contributed by atoms with E-state index in [2.05, 4.69) is 229 Å². The van der Waals surface area contributed by atoms with Gasteiger partial charge in [-0.3, -0.25) is 0 Å². The molecule has 0 spiro atoms. The highest BCUT2D eigenvalue weighted by Gasteiger charge is 2.19. The Morgan fingerprint density at radius 3 is 1.42 bits per heavy atom. The third-order valence-corrected chi connectivity index (χ3v) is 11.9. The highest BCUT2D eigenvalue weighted by atomic mass is 28.3. The maximum Gasteiger partial charge on any atom is 0.129 e. The number of aryl methyl sites for hydroxylation is 2. The molecule has 0 amide bonds. The predicted octanol–water partition coefficient (Wildman–Crippen LogP) is 15.4. The first-order chi connectivity index (χ1) is 27.1. The standard InChI is InChI=1S/C55H63NSi/c1-54(2,3)49-30-36-52(37-31-49)56(53-38-32-50(33-39-53)55(4,5)6)51-34-28-48(29-35-51)47-26-24-46(25-27-47)45(23-22-42-14-11-10-12-15-42)17-13-16-43-18-20-44(21-19-43)40-41-57(7,8)9/h10-12,14-15,18-21,24-39,45H,13,16-17,22-23H2,1-9H3. The summed E-state index contributed by atoms with van der Waals surface area (Å²) in [7, 11) is -1.38. The van der Waals surface area contributed by atoms with Gasteiger partial charge >= 0.3 is 0 Å². The smallest absolute Gasteiger partial charge is 0.129 e. The molecule has 6 aromatic rings. The van der Waals surface area contributed by atoms with Gasteiger partial charge in [0.25, 0.3) is 0 Å². The molecular weight excluding hydrogens is 703 g/mol. The van der Waals surface area contributed by atoms with Crippen LogP contribution in [0.25, 0.3) is 11.1 Å². The van der Waals surface area contributed by atoms with E-state index >= 15 is 0 Å². The SMILES string of the molecule is CC(C)(C)c1ccc(N(c2ccc(-c3ccc(C(CCCc4ccc(C#C[Si](C)(C)C)cc4)CCc4ccccc4)cc3)cc2)c2ccc(C(C)(C)C)cc2)cc1. The average molecular weight is 766 g/mol. The molecule has 1 atom stereocenters. The second-order valence-corrected chi connectivity index (χ2v) is 23.7. The van der Waals surface area contributed by atoms with Crippen molar-refractivity contribution in [3.05, 3.63) is 185 Å². The lowest BCUT2D eigenvalue weighted by molar-refractivity contribution is 0.552. The quantitative estimate of drug-likeness (QED) is 0.0886. The Labute approximate surface area is 346 Å². The predicted molar refractivity (Wildman–Crippen MR) is 251 cm³/mol. The molecule has 0 saturated heterocycles. The van der Waals surface area contributed by atoms with Crippen molar-refractivity contribution < 1.29 is 0 Å². The molecule has 1 nitrogen and oxygen atoms in total. The topological polar surface area (TPSA) is 3.24 Å². The van der Waals surface area contributed by atoms with Crippen LogP contribution in [0.2, 0.25) is 19.6 Å². The van der Waals surface area contributed by atoms with Gasteiger partial charge in [0.05, 0.1) is 0 Å². The molecule has 0 radical (unpaired) electrons. The fourth-order valence-corrected chi connectivity index (χ4v) is 7.97. The molecule has 57 heavy (non-hydrogen) atoms. The summed E-state index contributed by atoms with van der Waals surface area (Å²) in [6.07, 6.45) is 5.66. The van der Waals surface area contributed by atoms with Crippen LogP contribution in [-0.4, -0.2) is 8.07 Å². The van der Waals surface area contributed by atoms with Gasteiger partial charge in [-0.15, -0.1) is 5.54 Å². The van der Waals surface area contributed by atoms with E-state index in [4.69, 9.17) is 0 Å². The Morgan fingerprint density at radius 2 is 0.947 bits per heavy atom. The number of nitrogens with zero attached hydrogens (tertiary/aromatic N) is 1. The van der Waals surface area contributed by atoms with Crippen LogP contribution in [0, 0.1) is 11.5 Å². The molecule has 6 aromatic carbocycles. The second-order valence-electron chi connectivity index (χ2n) is 18.9. The number of anilines is 3. The van der Waals surface area contributed by atoms with E-state index in [1.54, 1.807) is 0 Å². The Balaban J connectivity index is 1.20. The molecule has 1 unspecified atom stereocenters. The monoisotopic (exact) mass is 765 g/mol. The summed E-state index contributed by atoms with van der Waals surface area (Å²) in [5.74, 6) is 3.90. The summed E-state index contributed by atoms with van der Waals surface area (Å²) in [5, 5.41) is 0. The van der Waals surface area contributed by atoms with Crippen molar-refractivity contribution in [2.75, 3.05) is 4.90 Å². The van der Waals surface area contributed by atoms with Gasteiger partial charge in [-0.2, -0.15) is 0 Å². The highest BCUT2D eigenvalue weighted by Crippen LogP contribution is 2.38. The molecule has 0 bridgehead atoms. The van der Waals surface area contributed by atoms with Crippen LogP contribution in [0.5, 0.6) is 0 Å². The van der Waals surface area contributed by atoms with Crippen molar-refractivity contribution in [2.45, 2.75) is 110 Å². The van der Waals surface area contributed by atoms with Crippen LogP contribution >= 0.6 is 0 Å². The van der Waals surface area contributed by atoms with Crippen LogP contribution < -0.4 is 4.90 Å². The number of rotatable bonds is 12. The molecule has 0 fully saturated rings. The van der Waals surface area contributed by atoms with E-state index in [1.165, 1.54) is 45.4 Å². The number of benzene rings is 6. The molecule has 0 aromatic heterocycles. The zero-order chi connectivity index (χ0) is 40.6. The van der Waals surface area contributed by atoms with Crippen LogP contribution in [-0.2, 0) is 23.7 Å². The van der Waals surface area contributed by atoms with Gasteiger partial charge in [-0.05, 0) is 136 Å². The van der Waals surface area contributed by atoms with E-state index in [0.717, 1.165) is 48.3 Å².